The molecule has 3 nitrogen and oxygen atoms in total. The molecule has 0 amide bonds. The van der Waals surface area contributed by atoms with Gasteiger partial charge in [-0.15, -0.1) is 0 Å². The molecule has 0 spiro atoms. The van der Waals surface area contributed by atoms with Crippen molar-refractivity contribution in [2.75, 3.05) is 19.6 Å². The predicted octanol–water partition coefficient (Wildman–Crippen LogP) is 0.0522. The lowest BCUT2D eigenvalue weighted by Crippen LogP contribution is -2.36. The van der Waals surface area contributed by atoms with Gasteiger partial charge in [-0.3, -0.25) is 0 Å². The van der Waals surface area contributed by atoms with Crippen LogP contribution in [-0.2, 0) is 0 Å². The molecule has 0 heterocycles. The monoisotopic (exact) mass is 171 g/mol. The molecule has 0 aromatic carbocycles. The van der Waals surface area contributed by atoms with E-state index in [1.807, 2.05) is 0 Å². The van der Waals surface area contributed by atoms with E-state index in [0.717, 1.165) is 26.1 Å². The summed E-state index contributed by atoms with van der Waals surface area (Å²) >= 11 is 0. The standard InChI is InChI=1S/C9H21N3/c10-5-2-6-12-9-4-1-3-8(9)7-11/h8-9,12H,1-7,10-11H2. The second-order valence-corrected chi connectivity index (χ2v) is 3.63. The Kier molecular flexibility index (Phi) is 4.58. The maximum atomic E-state index is 5.66. The van der Waals surface area contributed by atoms with Crippen LogP contribution in [-0.4, -0.2) is 25.7 Å². The van der Waals surface area contributed by atoms with E-state index in [4.69, 9.17) is 11.5 Å². The Hall–Kier alpha value is -0.120. The van der Waals surface area contributed by atoms with Crippen molar-refractivity contribution in [1.29, 1.82) is 0 Å². The molecule has 0 aliphatic heterocycles. The molecule has 0 radical (unpaired) electrons. The average molecular weight is 171 g/mol. The summed E-state index contributed by atoms with van der Waals surface area (Å²) in [5.41, 5.74) is 11.1. The molecule has 0 aromatic rings. The first-order valence-electron chi connectivity index (χ1n) is 5.02. The van der Waals surface area contributed by atoms with Crippen LogP contribution in [0.4, 0.5) is 0 Å². The number of nitrogens with one attached hydrogen (secondary N) is 1. The minimum atomic E-state index is 0.668. The maximum Gasteiger partial charge on any atom is 0.0107 e. The lowest BCUT2D eigenvalue weighted by atomic mass is 10.0. The zero-order chi connectivity index (χ0) is 8.81. The fraction of sp³-hybridized carbons (Fsp3) is 1.00. The van der Waals surface area contributed by atoms with Crippen LogP contribution in [0.3, 0.4) is 0 Å². The van der Waals surface area contributed by atoms with Gasteiger partial charge in [0.2, 0.25) is 0 Å². The van der Waals surface area contributed by atoms with Crippen LogP contribution in [0, 0.1) is 5.92 Å². The smallest absolute Gasteiger partial charge is 0.0107 e. The summed E-state index contributed by atoms with van der Waals surface area (Å²) in [5, 5.41) is 3.52. The van der Waals surface area contributed by atoms with E-state index in [1.54, 1.807) is 0 Å². The largest absolute Gasteiger partial charge is 0.330 e. The van der Waals surface area contributed by atoms with Crippen LogP contribution < -0.4 is 16.8 Å². The van der Waals surface area contributed by atoms with Gasteiger partial charge in [0.05, 0.1) is 0 Å². The van der Waals surface area contributed by atoms with Gasteiger partial charge >= 0.3 is 0 Å². The molecule has 1 rings (SSSR count). The molecular formula is C9H21N3. The molecule has 12 heavy (non-hydrogen) atoms. The summed E-state index contributed by atoms with van der Waals surface area (Å²) in [4.78, 5) is 0. The molecular weight excluding hydrogens is 150 g/mol. The van der Waals surface area contributed by atoms with Gasteiger partial charge in [-0.25, -0.2) is 0 Å². The Morgan fingerprint density at radius 3 is 2.75 bits per heavy atom. The SMILES string of the molecule is NCCCNC1CCCC1CN. The van der Waals surface area contributed by atoms with Crippen molar-refractivity contribution in [2.45, 2.75) is 31.7 Å². The molecule has 1 saturated carbocycles. The van der Waals surface area contributed by atoms with Gasteiger partial charge in [0.1, 0.15) is 0 Å². The predicted molar refractivity (Wildman–Crippen MR) is 51.9 cm³/mol. The van der Waals surface area contributed by atoms with Crippen molar-refractivity contribution in [3.63, 3.8) is 0 Å². The number of hydrogen-bond donors (Lipinski definition) is 3. The van der Waals surface area contributed by atoms with Gasteiger partial charge in [0, 0.05) is 6.04 Å². The fourth-order valence-electron chi connectivity index (χ4n) is 1.98. The molecule has 1 fully saturated rings. The number of rotatable bonds is 5. The van der Waals surface area contributed by atoms with E-state index in [0.29, 0.717) is 12.0 Å². The van der Waals surface area contributed by atoms with Crippen LogP contribution in [0.1, 0.15) is 25.7 Å². The van der Waals surface area contributed by atoms with Crippen LogP contribution >= 0.6 is 0 Å². The van der Waals surface area contributed by atoms with Gasteiger partial charge in [0.15, 0.2) is 0 Å². The minimum Gasteiger partial charge on any atom is -0.330 e. The number of nitrogens with two attached hydrogens (primary N) is 2. The van der Waals surface area contributed by atoms with E-state index in [-0.39, 0.29) is 0 Å². The second kappa shape index (κ2) is 5.51. The Labute approximate surface area is 74.9 Å². The summed E-state index contributed by atoms with van der Waals surface area (Å²) in [6, 6.07) is 0.668. The average Bonchev–Trinajstić information content (AvgIpc) is 2.52. The molecule has 0 bridgehead atoms. The highest BCUT2D eigenvalue weighted by molar-refractivity contribution is 4.83. The molecule has 1 aliphatic rings. The fourth-order valence-corrected chi connectivity index (χ4v) is 1.98. The third kappa shape index (κ3) is 2.73. The minimum absolute atomic E-state index is 0.668. The highest BCUT2D eigenvalue weighted by Gasteiger charge is 2.24. The van der Waals surface area contributed by atoms with Crippen LogP contribution in [0.2, 0.25) is 0 Å². The molecule has 0 aromatic heterocycles. The summed E-state index contributed by atoms with van der Waals surface area (Å²) in [7, 11) is 0. The van der Waals surface area contributed by atoms with Gasteiger partial charge in [-0.05, 0) is 44.8 Å². The molecule has 2 unspecified atom stereocenters. The van der Waals surface area contributed by atoms with Crippen LogP contribution in [0.25, 0.3) is 0 Å². The topological polar surface area (TPSA) is 64.1 Å². The quantitative estimate of drug-likeness (QED) is 0.512. The zero-order valence-corrected chi connectivity index (χ0v) is 7.76. The Bertz CT molecular complexity index is 116. The molecule has 0 saturated heterocycles. The van der Waals surface area contributed by atoms with Crippen LogP contribution in [0.5, 0.6) is 0 Å². The van der Waals surface area contributed by atoms with Gasteiger partial charge in [-0.1, -0.05) is 6.42 Å². The zero-order valence-electron chi connectivity index (χ0n) is 7.76. The summed E-state index contributed by atoms with van der Waals surface area (Å²) < 4.78 is 0. The second-order valence-electron chi connectivity index (χ2n) is 3.63. The van der Waals surface area contributed by atoms with Crippen molar-refractivity contribution in [3.05, 3.63) is 0 Å². The lowest BCUT2D eigenvalue weighted by molar-refractivity contribution is 0.406. The lowest BCUT2D eigenvalue weighted by Gasteiger charge is -2.19. The summed E-state index contributed by atoms with van der Waals surface area (Å²) in [6.45, 7) is 2.67. The Balaban J connectivity index is 2.12. The summed E-state index contributed by atoms with van der Waals surface area (Å²) in [6.07, 6.45) is 5.01. The molecule has 72 valence electrons. The van der Waals surface area contributed by atoms with Crippen molar-refractivity contribution < 1.29 is 0 Å². The van der Waals surface area contributed by atoms with Crippen LogP contribution in [0.15, 0.2) is 0 Å². The van der Waals surface area contributed by atoms with Crippen molar-refractivity contribution in [3.8, 4) is 0 Å². The third-order valence-electron chi connectivity index (χ3n) is 2.75. The van der Waals surface area contributed by atoms with E-state index in [2.05, 4.69) is 5.32 Å². The molecule has 3 heteroatoms. The van der Waals surface area contributed by atoms with E-state index in [9.17, 15) is 0 Å². The Morgan fingerprint density at radius 2 is 2.08 bits per heavy atom. The van der Waals surface area contributed by atoms with E-state index >= 15 is 0 Å². The summed E-state index contributed by atoms with van der Waals surface area (Å²) in [5.74, 6) is 0.711. The first kappa shape index (κ1) is 9.96. The van der Waals surface area contributed by atoms with Gasteiger partial charge in [-0.2, -0.15) is 0 Å². The highest BCUT2D eigenvalue weighted by Crippen LogP contribution is 2.24. The first-order valence-corrected chi connectivity index (χ1v) is 5.02. The highest BCUT2D eigenvalue weighted by atomic mass is 14.9. The maximum absolute atomic E-state index is 5.66. The van der Waals surface area contributed by atoms with E-state index < -0.39 is 0 Å². The molecule has 5 N–H and O–H groups in total. The van der Waals surface area contributed by atoms with E-state index in [1.165, 1.54) is 19.3 Å². The Morgan fingerprint density at radius 1 is 1.25 bits per heavy atom. The van der Waals surface area contributed by atoms with Crippen molar-refractivity contribution in [1.82, 2.24) is 5.32 Å². The van der Waals surface area contributed by atoms with Crippen molar-refractivity contribution in [2.24, 2.45) is 17.4 Å². The van der Waals surface area contributed by atoms with Crippen molar-refractivity contribution >= 4 is 0 Å². The van der Waals surface area contributed by atoms with Gasteiger partial charge < -0.3 is 16.8 Å². The molecule has 1 aliphatic carbocycles. The third-order valence-corrected chi connectivity index (χ3v) is 2.75. The van der Waals surface area contributed by atoms with Gasteiger partial charge in [0.25, 0.3) is 0 Å². The number of hydrogen-bond acceptors (Lipinski definition) is 3. The first-order chi connectivity index (χ1) is 5.88. The molecule has 2 atom stereocenters. The normalized spacial score (nSPS) is 29.5.